The molecule has 0 bridgehead atoms. The van der Waals surface area contributed by atoms with Crippen LogP contribution < -0.4 is 0 Å². The van der Waals surface area contributed by atoms with E-state index in [0.29, 0.717) is 18.1 Å². The maximum atomic E-state index is 9.55. The molecule has 1 aliphatic carbocycles. The summed E-state index contributed by atoms with van der Waals surface area (Å²) in [5, 5.41) is 15.6. The molecule has 0 saturated carbocycles. The molecular formula is C22H26N2O4. The van der Waals surface area contributed by atoms with E-state index < -0.39 is 11.9 Å². The molecule has 0 spiro atoms. The van der Waals surface area contributed by atoms with Gasteiger partial charge in [0, 0.05) is 24.3 Å². The average molecular weight is 382 g/mol. The fourth-order valence-corrected chi connectivity index (χ4v) is 3.32. The van der Waals surface area contributed by atoms with Crippen molar-refractivity contribution in [3.8, 4) is 0 Å². The Morgan fingerprint density at radius 2 is 1.64 bits per heavy atom. The van der Waals surface area contributed by atoms with Crippen LogP contribution in [0.25, 0.3) is 0 Å². The minimum Gasteiger partial charge on any atom is -0.478 e. The molecular weight excluding hydrogens is 356 g/mol. The third-order valence-corrected chi connectivity index (χ3v) is 4.58. The molecule has 1 aromatic carbocycles. The summed E-state index contributed by atoms with van der Waals surface area (Å²) in [6.45, 7) is 1.09. The van der Waals surface area contributed by atoms with E-state index >= 15 is 0 Å². The third-order valence-electron chi connectivity index (χ3n) is 4.58. The first-order valence-corrected chi connectivity index (χ1v) is 9.18. The van der Waals surface area contributed by atoms with Crippen LogP contribution in [0.4, 0.5) is 0 Å². The third kappa shape index (κ3) is 6.32. The monoisotopic (exact) mass is 382 g/mol. The molecule has 6 nitrogen and oxygen atoms in total. The number of aryl methyl sites for hydroxylation is 2. The quantitative estimate of drug-likeness (QED) is 0.773. The van der Waals surface area contributed by atoms with Gasteiger partial charge in [0.1, 0.15) is 0 Å². The van der Waals surface area contributed by atoms with E-state index in [9.17, 15) is 9.59 Å². The number of hydrogen-bond acceptors (Lipinski definition) is 4. The second-order valence-corrected chi connectivity index (χ2v) is 6.90. The van der Waals surface area contributed by atoms with Gasteiger partial charge in [-0.3, -0.25) is 4.98 Å². The molecule has 2 N–H and O–H groups in total. The van der Waals surface area contributed by atoms with Crippen molar-refractivity contribution in [1.82, 2.24) is 9.88 Å². The van der Waals surface area contributed by atoms with E-state index in [0.717, 1.165) is 25.8 Å². The van der Waals surface area contributed by atoms with E-state index in [1.54, 1.807) is 0 Å². The number of aliphatic carboxylic acids is 2. The van der Waals surface area contributed by atoms with E-state index in [1.165, 1.54) is 22.4 Å². The van der Waals surface area contributed by atoms with Crippen LogP contribution in [-0.2, 0) is 22.4 Å². The van der Waals surface area contributed by atoms with Crippen molar-refractivity contribution in [3.63, 3.8) is 0 Å². The molecule has 0 fully saturated rings. The zero-order valence-corrected chi connectivity index (χ0v) is 16.2. The summed E-state index contributed by atoms with van der Waals surface area (Å²) in [7, 11) is 4.28. The lowest BCUT2D eigenvalue weighted by molar-refractivity contribution is -0.134. The highest BCUT2D eigenvalue weighted by molar-refractivity contribution is 5.89. The summed E-state index contributed by atoms with van der Waals surface area (Å²) < 4.78 is 0. The molecule has 0 aliphatic heterocycles. The molecule has 0 radical (unpaired) electrons. The van der Waals surface area contributed by atoms with Crippen molar-refractivity contribution in [2.24, 2.45) is 0 Å². The SMILES string of the molecule is CN(C)CCC1c2ccccc2CCc2cccnc21.O=C(O)/C=C\C(=O)O. The van der Waals surface area contributed by atoms with E-state index in [-0.39, 0.29) is 0 Å². The van der Waals surface area contributed by atoms with Gasteiger partial charge in [-0.15, -0.1) is 0 Å². The molecule has 1 aliphatic rings. The van der Waals surface area contributed by atoms with Gasteiger partial charge in [0.05, 0.1) is 5.69 Å². The summed E-state index contributed by atoms with van der Waals surface area (Å²) in [6, 6.07) is 13.2. The molecule has 6 heteroatoms. The Bertz CT molecular complexity index is 782. The van der Waals surface area contributed by atoms with Gasteiger partial charge in [0.25, 0.3) is 0 Å². The van der Waals surface area contributed by atoms with Gasteiger partial charge in [-0.2, -0.15) is 0 Å². The van der Waals surface area contributed by atoms with Crippen LogP contribution in [0.3, 0.4) is 0 Å². The lowest BCUT2D eigenvalue weighted by Gasteiger charge is -2.21. The molecule has 0 amide bonds. The highest BCUT2D eigenvalue weighted by Gasteiger charge is 2.24. The van der Waals surface area contributed by atoms with Gasteiger partial charge >= 0.3 is 11.9 Å². The Morgan fingerprint density at radius 1 is 1.04 bits per heavy atom. The number of hydrogen-bond donors (Lipinski definition) is 2. The smallest absolute Gasteiger partial charge is 0.328 e. The summed E-state index contributed by atoms with van der Waals surface area (Å²) in [5.74, 6) is -2.08. The second kappa shape index (κ2) is 10.4. The zero-order chi connectivity index (χ0) is 20.5. The Kier molecular flexibility index (Phi) is 7.89. The number of benzene rings is 1. The summed E-state index contributed by atoms with van der Waals surface area (Å²) in [5.41, 5.74) is 5.69. The first kappa shape index (κ1) is 21.3. The highest BCUT2D eigenvalue weighted by Crippen LogP contribution is 2.35. The molecule has 148 valence electrons. The number of pyridine rings is 1. The minimum atomic E-state index is -1.26. The van der Waals surface area contributed by atoms with Crippen LogP contribution in [0.15, 0.2) is 54.7 Å². The van der Waals surface area contributed by atoms with Crippen LogP contribution in [0.5, 0.6) is 0 Å². The number of aromatic nitrogens is 1. The van der Waals surface area contributed by atoms with Gasteiger partial charge < -0.3 is 15.1 Å². The van der Waals surface area contributed by atoms with Crippen LogP contribution in [0.2, 0.25) is 0 Å². The van der Waals surface area contributed by atoms with Gasteiger partial charge in [0.2, 0.25) is 0 Å². The second-order valence-electron chi connectivity index (χ2n) is 6.90. The Morgan fingerprint density at radius 3 is 2.29 bits per heavy atom. The van der Waals surface area contributed by atoms with E-state index in [2.05, 4.69) is 55.4 Å². The average Bonchev–Trinajstić information content (AvgIpc) is 2.82. The largest absolute Gasteiger partial charge is 0.478 e. The zero-order valence-electron chi connectivity index (χ0n) is 16.2. The Labute approximate surface area is 165 Å². The molecule has 1 unspecified atom stereocenters. The van der Waals surface area contributed by atoms with Crippen LogP contribution >= 0.6 is 0 Å². The van der Waals surface area contributed by atoms with E-state index in [4.69, 9.17) is 15.2 Å². The number of nitrogens with zero attached hydrogens (tertiary/aromatic N) is 2. The molecule has 2 aromatic rings. The summed E-state index contributed by atoms with van der Waals surface area (Å²) in [6.07, 6.45) is 6.43. The maximum Gasteiger partial charge on any atom is 0.328 e. The van der Waals surface area contributed by atoms with Crippen molar-refractivity contribution in [3.05, 3.63) is 77.1 Å². The van der Waals surface area contributed by atoms with Gasteiger partial charge in [-0.25, -0.2) is 9.59 Å². The van der Waals surface area contributed by atoms with Crippen molar-refractivity contribution in [1.29, 1.82) is 0 Å². The predicted molar refractivity (Wildman–Crippen MR) is 108 cm³/mol. The van der Waals surface area contributed by atoms with E-state index in [1.807, 2.05) is 6.20 Å². The lowest BCUT2D eigenvalue weighted by atomic mass is 9.89. The molecule has 0 saturated heterocycles. The predicted octanol–water partition coefficient (Wildman–Crippen LogP) is 2.98. The maximum absolute atomic E-state index is 9.55. The van der Waals surface area contributed by atoms with Crippen LogP contribution in [0.1, 0.15) is 34.7 Å². The summed E-state index contributed by atoms with van der Waals surface area (Å²) >= 11 is 0. The lowest BCUT2D eigenvalue weighted by Crippen LogP contribution is -2.17. The topological polar surface area (TPSA) is 90.7 Å². The number of carboxylic acid groups (broad SMARTS) is 2. The molecule has 28 heavy (non-hydrogen) atoms. The standard InChI is InChI=1S/C18H22N2.C4H4O4/c1-20(2)13-11-17-16-8-4-3-6-14(16)9-10-15-7-5-12-19-18(15)17;5-3(6)1-2-4(7)8/h3-8,12,17H,9-11,13H2,1-2H3;1-2H,(H,5,6)(H,7,8)/b;2-1-. The normalized spacial score (nSPS) is 15.2. The summed E-state index contributed by atoms with van der Waals surface area (Å²) in [4.78, 5) is 26.1. The van der Waals surface area contributed by atoms with Crippen molar-refractivity contribution >= 4 is 11.9 Å². The van der Waals surface area contributed by atoms with Gasteiger partial charge in [0.15, 0.2) is 0 Å². The fourth-order valence-electron chi connectivity index (χ4n) is 3.32. The fraction of sp³-hybridized carbons (Fsp3) is 0.318. The van der Waals surface area contributed by atoms with Crippen molar-refractivity contribution in [2.75, 3.05) is 20.6 Å². The Hall–Kier alpha value is -2.99. The van der Waals surface area contributed by atoms with Gasteiger partial charge in [-0.05, 0) is 62.7 Å². The molecule has 1 atom stereocenters. The number of rotatable bonds is 5. The number of carboxylic acids is 2. The number of fused-ring (bicyclic) bond motifs is 2. The van der Waals surface area contributed by atoms with Crippen molar-refractivity contribution < 1.29 is 19.8 Å². The molecule has 1 aromatic heterocycles. The Balaban J connectivity index is 0.000000300. The van der Waals surface area contributed by atoms with Gasteiger partial charge in [-0.1, -0.05) is 30.3 Å². The first-order valence-electron chi connectivity index (χ1n) is 9.18. The van der Waals surface area contributed by atoms with Crippen LogP contribution in [-0.4, -0.2) is 52.7 Å². The number of carbonyl (C=O) groups is 2. The van der Waals surface area contributed by atoms with Crippen LogP contribution in [0, 0.1) is 0 Å². The highest BCUT2D eigenvalue weighted by atomic mass is 16.4. The van der Waals surface area contributed by atoms with Crippen molar-refractivity contribution in [2.45, 2.75) is 25.2 Å². The molecule has 3 rings (SSSR count). The molecule has 1 heterocycles. The first-order chi connectivity index (χ1) is 13.4. The minimum absolute atomic E-state index is 0.437.